The fourth-order valence-corrected chi connectivity index (χ4v) is 4.02. The highest BCUT2D eigenvalue weighted by Gasteiger charge is 2.20. The summed E-state index contributed by atoms with van der Waals surface area (Å²) in [6.45, 7) is 6.03. The van der Waals surface area contributed by atoms with Crippen LogP contribution in [0.2, 0.25) is 0 Å². The highest BCUT2D eigenvalue weighted by molar-refractivity contribution is 5.95. The van der Waals surface area contributed by atoms with E-state index in [9.17, 15) is 0 Å². The molecule has 0 N–H and O–H groups in total. The molecule has 30 heavy (non-hydrogen) atoms. The van der Waals surface area contributed by atoms with E-state index >= 15 is 0 Å². The normalized spacial score (nSPS) is 12.5. The van der Waals surface area contributed by atoms with Gasteiger partial charge in [0.05, 0.1) is 34.7 Å². The molecule has 0 bridgehead atoms. The van der Waals surface area contributed by atoms with Crippen LogP contribution >= 0.6 is 0 Å². The summed E-state index contributed by atoms with van der Waals surface area (Å²) in [6.07, 6.45) is 9.74. The van der Waals surface area contributed by atoms with Gasteiger partial charge in [0.2, 0.25) is 0 Å². The highest BCUT2D eigenvalue weighted by atomic mass is 16.5. The van der Waals surface area contributed by atoms with Crippen LogP contribution in [0.5, 0.6) is 0 Å². The summed E-state index contributed by atoms with van der Waals surface area (Å²) in [5.41, 5.74) is 7.88. The topological polar surface area (TPSA) is 74.6 Å². The molecule has 5 aromatic rings. The SMILES string of the molecule is Cc1noc(C)c1-c1cnc2c(-c3cnn(C)c3)cn([C@H](C)c3ccccn3)c2c1. The first-order valence-electron chi connectivity index (χ1n) is 9.86. The fraction of sp³-hybridized carbons (Fsp3) is 0.217. The first-order valence-corrected chi connectivity index (χ1v) is 9.86. The number of aromatic nitrogens is 6. The largest absolute Gasteiger partial charge is 0.361 e. The highest BCUT2D eigenvalue weighted by Crippen LogP contribution is 2.36. The van der Waals surface area contributed by atoms with E-state index < -0.39 is 0 Å². The predicted molar refractivity (Wildman–Crippen MR) is 115 cm³/mol. The van der Waals surface area contributed by atoms with Gasteiger partial charge in [-0.25, -0.2) is 0 Å². The molecular formula is C23H22N6O. The standard InChI is InChI=1S/C23H22N6O/c1-14-22(16(3)30-27-14)17-9-21-23(25-10-17)19(18-11-26-28(4)12-18)13-29(21)15(2)20-7-5-6-8-24-20/h5-13,15H,1-4H3/t15-/m1/s1. The molecule has 0 fully saturated rings. The van der Waals surface area contributed by atoms with Gasteiger partial charge in [0.25, 0.3) is 0 Å². The lowest BCUT2D eigenvalue weighted by Gasteiger charge is -2.15. The first kappa shape index (κ1) is 18.3. The maximum atomic E-state index is 5.38. The first-order chi connectivity index (χ1) is 14.5. The van der Waals surface area contributed by atoms with Crippen LogP contribution in [0.3, 0.4) is 0 Å². The Kier molecular flexibility index (Phi) is 4.24. The molecule has 0 aliphatic rings. The zero-order valence-electron chi connectivity index (χ0n) is 17.4. The number of fused-ring (bicyclic) bond motifs is 1. The summed E-state index contributed by atoms with van der Waals surface area (Å²) in [6, 6.07) is 8.20. The van der Waals surface area contributed by atoms with Crippen molar-refractivity contribution in [2.75, 3.05) is 0 Å². The Labute approximate surface area is 174 Å². The quantitative estimate of drug-likeness (QED) is 0.438. The summed E-state index contributed by atoms with van der Waals surface area (Å²) in [7, 11) is 1.92. The number of pyridine rings is 2. The molecule has 5 rings (SSSR count). The molecule has 0 radical (unpaired) electrons. The lowest BCUT2D eigenvalue weighted by atomic mass is 10.1. The van der Waals surface area contributed by atoms with Crippen LogP contribution in [0.25, 0.3) is 33.3 Å². The van der Waals surface area contributed by atoms with Gasteiger partial charge >= 0.3 is 0 Å². The maximum Gasteiger partial charge on any atom is 0.141 e. The van der Waals surface area contributed by atoms with Crippen molar-refractivity contribution in [2.45, 2.75) is 26.8 Å². The molecule has 7 nitrogen and oxygen atoms in total. The molecule has 5 aromatic heterocycles. The van der Waals surface area contributed by atoms with E-state index in [2.05, 4.69) is 39.0 Å². The van der Waals surface area contributed by atoms with Crippen LogP contribution in [-0.4, -0.2) is 29.5 Å². The molecule has 0 unspecified atom stereocenters. The third-order valence-electron chi connectivity index (χ3n) is 5.54. The Morgan fingerprint density at radius 3 is 2.57 bits per heavy atom. The van der Waals surface area contributed by atoms with Gasteiger partial charge in [-0.15, -0.1) is 0 Å². The van der Waals surface area contributed by atoms with E-state index in [0.717, 1.165) is 50.4 Å². The molecule has 0 amide bonds. The number of nitrogens with zero attached hydrogens (tertiary/aromatic N) is 6. The van der Waals surface area contributed by atoms with Crippen molar-refractivity contribution in [2.24, 2.45) is 7.05 Å². The van der Waals surface area contributed by atoms with E-state index in [1.165, 1.54) is 0 Å². The van der Waals surface area contributed by atoms with Gasteiger partial charge in [0.15, 0.2) is 0 Å². The monoisotopic (exact) mass is 398 g/mol. The molecule has 5 heterocycles. The molecule has 0 aliphatic heterocycles. The number of aryl methyl sites for hydroxylation is 3. The fourth-order valence-electron chi connectivity index (χ4n) is 4.02. The van der Waals surface area contributed by atoms with E-state index in [1.807, 2.05) is 63.9 Å². The van der Waals surface area contributed by atoms with E-state index in [1.54, 1.807) is 4.68 Å². The molecule has 0 aliphatic carbocycles. The van der Waals surface area contributed by atoms with E-state index in [-0.39, 0.29) is 6.04 Å². The van der Waals surface area contributed by atoms with Crippen molar-refractivity contribution in [3.8, 4) is 22.3 Å². The van der Waals surface area contributed by atoms with Crippen LogP contribution < -0.4 is 0 Å². The second-order valence-electron chi connectivity index (χ2n) is 7.57. The molecule has 150 valence electrons. The molecule has 1 atom stereocenters. The van der Waals surface area contributed by atoms with Gasteiger partial charge in [-0.1, -0.05) is 11.2 Å². The Morgan fingerprint density at radius 1 is 1.03 bits per heavy atom. The summed E-state index contributed by atoms with van der Waals surface area (Å²) < 4.78 is 9.42. The second-order valence-corrected chi connectivity index (χ2v) is 7.57. The number of hydrogen-bond acceptors (Lipinski definition) is 5. The van der Waals surface area contributed by atoms with Crippen LogP contribution in [0.4, 0.5) is 0 Å². The van der Waals surface area contributed by atoms with Gasteiger partial charge in [0.1, 0.15) is 5.76 Å². The molecular weight excluding hydrogens is 376 g/mol. The van der Waals surface area contributed by atoms with Crippen molar-refractivity contribution in [3.63, 3.8) is 0 Å². The minimum absolute atomic E-state index is 0.0424. The third-order valence-corrected chi connectivity index (χ3v) is 5.54. The zero-order valence-corrected chi connectivity index (χ0v) is 17.4. The second kappa shape index (κ2) is 6.95. The van der Waals surface area contributed by atoms with Crippen molar-refractivity contribution in [1.29, 1.82) is 0 Å². The molecule has 0 aromatic carbocycles. The average molecular weight is 398 g/mol. The van der Waals surface area contributed by atoms with Gasteiger partial charge in [0, 0.05) is 54.1 Å². The van der Waals surface area contributed by atoms with Gasteiger partial charge in [-0.2, -0.15) is 5.10 Å². The maximum absolute atomic E-state index is 5.38. The molecule has 0 saturated carbocycles. The zero-order chi connectivity index (χ0) is 20.8. The van der Waals surface area contributed by atoms with Gasteiger partial charge < -0.3 is 9.09 Å². The molecule has 0 saturated heterocycles. The van der Waals surface area contributed by atoms with Crippen LogP contribution in [0, 0.1) is 13.8 Å². The Balaban J connectivity index is 1.75. The lowest BCUT2D eigenvalue weighted by Crippen LogP contribution is -2.07. The Hall–Kier alpha value is -3.74. The Bertz CT molecular complexity index is 1330. The minimum atomic E-state index is 0.0424. The van der Waals surface area contributed by atoms with Crippen molar-refractivity contribution in [3.05, 3.63) is 72.4 Å². The van der Waals surface area contributed by atoms with E-state index in [0.29, 0.717) is 0 Å². The van der Waals surface area contributed by atoms with Crippen molar-refractivity contribution >= 4 is 11.0 Å². The van der Waals surface area contributed by atoms with E-state index in [4.69, 9.17) is 9.51 Å². The smallest absolute Gasteiger partial charge is 0.141 e. The van der Waals surface area contributed by atoms with Crippen molar-refractivity contribution in [1.82, 2.24) is 29.5 Å². The molecule has 0 spiro atoms. The number of rotatable bonds is 4. The summed E-state index contributed by atoms with van der Waals surface area (Å²) in [5, 5.41) is 8.44. The third kappa shape index (κ3) is 2.90. The summed E-state index contributed by atoms with van der Waals surface area (Å²) >= 11 is 0. The van der Waals surface area contributed by atoms with Crippen molar-refractivity contribution < 1.29 is 4.52 Å². The predicted octanol–water partition coefficient (Wildman–Crippen LogP) is 4.71. The average Bonchev–Trinajstić information content (AvgIpc) is 3.44. The van der Waals surface area contributed by atoms with Crippen LogP contribution in [0.15, 0.2) is 59.8 Å². The lowest BCUT2D eigenvalue weighted by molar-refractivity contribution is 0.393. The van der Waals surface area contributed by atoms with Crippen LogP contribution in [0.1, 0.15) is 30.1 Å². The summed E-state index contributed by atoms with van der Waals surface area (Å²) in [5.74, 6) is 0.789. The van der Waals surface area contributed by atoms with Gasteiger partial charge in [-0.3, -0.25) is 14.6 Å². The van der Waals surface area contributed by atoms with Crippen LogP contribution in [-0.2, 0) is 7.05 Å². The van der Waals surface area contributed by atoms with Gasteiger partial charge in [-0.05, 0) is 39.0 Å². The minimum Gasteiger partial charge on any atom is -0.361 e. The molecule has 7 heteroatoms. The summed E-state index contributed by atoms with van der Waals surface area (Å²) in [4.78, 5) is 9.42. The Morgan fingerprint density at radius 2 is 1.90 bits per heavy atom. The number of hydrogen-bond donors (Lipinski definition) is 0.